The van der Waals surface area contributed by atoms with Crippen LogP contribution < -0.4 is 16.4 Å². The summed E-state index contributed by atoms with van der Waals surface area (Å²) >= 11 is 0. The number of rotatable bonds is 5. The average molecular weight is 329 g/mol. The van der Waals surface area contributed by atoms with Crippen molar-refractivity contribution in [3.8, 4) is 0 Å². The fourth-order valence-corrected chi connectivity index (χ4v) is 3.68. The number of carbonyl (C=O) groups excluding carboxylic acids is 3. The van der Waals surface area contributed by atoms with Gasteiger partial charge in [0.05, 0.1) is 5.92 Å². The van der Waals surface area contributed by atoms with Crippen molar-refractivity contribution in [3.05, 3.63) is 29.8 Å². The van der Waals surface area contributed by atoms with E-state index in [1.807, 2.05) is 24.3 Å². The summed E-state index contributed by atoms with van der Waals surface area (Å²) in [5, 5.41) is 5.28. The van der Waals surface area contributed by atoms with Crippen LogP contribution in [0.5, 0.6) is 0 Å². The lowest BCUT2D eigenvalue weighted by atomic mass is 9.95. The maximum atomic E-state index is 12.4. The first-order valence-electron chi connectivity index (χ1n) is 8.50. The van der Waals surface area contributed by atoms with E-state index in [1.165, 1.54) is 0 Å². The van der Waals surface area contributed by atoms with Crippen LogP contribution in [0, 0.1) is 17.8 Å². The van der Waals surface area contributed by atoms with E-state index in [9.17, 15) is 14.4 Å². The summed E-state index contributed by atoms with van der Waals surface area (Å²) in [5.41, 5.74) is 7.46. The van der Waals surface area contributed by atoms with Gasteiger partial charge in [0, 0.05) is 18.0 Å². The maximum absolute atomic E-state index is 12.4. The van der Waals surface area contributed by atoms with Gasteiger partial charge < -0.3 is 11.1 Å². The summed E-state index contributed by atoms with van der Waals surface area (Å²) in [5.74, 6) is -0.380. The van der Waals surface area contributed by atoms with Crippen molar-refractivity contribution in [3.63, 3.8) is 0 Å². The molecule has 1 heterocycles. The number of hydrogen-bond donors (Lipinski definition) is 3. The van der Waals surface area contributed by atoms with Crippen molar-refractivity contribution in [1.29, 1.82) is 0 Å². The van der Waals surface area contributed by atoms with Gasteiger partial charge in [-0.3, -0.25) is 19.7 Å². The van der Waals surface area contributed by atoms with Gasteiger partial charge in [0.1, 0.15) is 0 Å². The van der Waals surface area contributed by atoms with Crippen LogP contribution in [0.2, 0.25) is 0 Å². The van der Waals surface area contributed by atoms with Gasteiger partial charge >= 0.3 is 0 Å². The average Bonchev–Trinajstić information content (AvgIpc) is 3.15. The number of amides is 3. The number of carbonyl (C=O) groups is 3. The van der Waals surface area contributed by atoms with Crippen LogP contribution in [0.3, 0.4) is 0 Å². The Balaban J connectivity index is 1.57. The monoisotopic (exact) mass is 329 g/mol. The summed E-state index contributed by atoms with van der Waals surface area (Å²) in [6.07, 6.45) is 3.76. The first kappa shape index (κ1) is 16.6. The maximum Gasteiger partial charge on any atom is 0.230 e. The minimum absolute atomic E-state index is 0.00266. The Kier molecular flexibility index (Phi) is 4.94. The molecular weight excluding hydrogens is 306 g/mol. The van der Waals surface area contributed by atoms with Crippen LogP contribution in [-0.4, -0.2) is 24.3 Å². The van der Waals surface area contributed by atoms with Crippen molar-refractivity contribution in [2.24, 2.45) is 23.5 Å². The Bertz CT molecular complexity index is 641. The highest BCUT2D eigenvalue weighted by molar-refractivity contribution is 6.03. The quantitative estimate of drug-likeness (QED) is 0.707. The topological polar surface area (TPSA) is 101 Å². The number of nitrogens with one attached hydrogen (secondary N) is 2. The van der Waals surface area contributed by atoms with Gasteiger partial charge in [-0.1, -0.05) is 18.6 Å². The molecule has 3 rings (SSSR count). The largest absolute Gasteiger partial charge is 0.330 e. The van der Waals surface area contributed by atoms with E-state index in [2.05, 4.69) is 10.6 Å². The summed E-state index contributed by atoms with van der Waals surface area (Å²) in [6.45, 7) is 0.555. The van der Waals surface area contributed by atoms with Gasteiger partial charge in [0.2, 0.25) is 17.7 Å². The number of imide groups is 1. The lowest BCUT2D eigenvalue weighted by Crippen LogP contribution is -2.29. The molecule has 3 atom stereocenters. The molecule has 4 N–H and O–H groups in total. The van der Waals surface area contributed by atoms with E-state index in [4.69, 9.17) is 5.73 Å². The second kappa shape index (κ2) is 7.13. The Morgan fingerprint density at radius 1 is 1.21 bits per heavy atom. The first-order valence-corrected chi connectivity index (χ1v) is 8.50. The summed E-state index contributed by atoms with van der Waals surface area (Å²) in [7, 11) is 0. The predicted octanol–water partition coefficient (Wildman–Crippen LogP) is 1.21. The van der Waals surface area contributed by atoms with E-state index in [0.29, 0.717) is 13.0 Å². The second-order valence-corrected chi connectivity index (χ2v) is 6.74. The van der Waals surface area contributed by atoms with E-state index in [0.717, 1.165) is 30.5 Å². The van der Waals surface area contributed by atoms with Gasteiger partial charge in [-0.05, 0) is 49.4 Å². The van der Waals surface area contributed by atoms with Crippen LogP contribution in [0.25, 0.3) is 0 Å². The predicted molar refractivity (Wildman–Crippen MR) is 89.9 cm³/mol. The molecule has 3 amide bonds. The van der Waals surface area contributed by atoms with E-state index in [-0.39, 0.29) is 41.9 Å². The fraction of sp³-hybridized carbons (Fsp3) is 0.500. The number of hydrogen-bond acceptors (Lipinski definition) is 4. The molecule has 128 valence electrons. The molecule has 0 bridgehead atoms. The van der Waals surface area contributed by atoms with Gasteiger partial charge in [-0.25, -0.2) is 0 Å². The number of nitrogens with two attached hydrogens (primary N) is 1. The highest BCUT2D eigenvalue weighted by Crippen LogP contribution is 2.32. The molecule has 1 saturated carbocycles. The van der Waals surface area contributed by atoms with Crippen LogP contribution in [0.1, 0.15) is 31.2 Å². The highest BCUT2D eigenvalue weighted by atomic mass is 16.2. The Hall–Kier alpha value is -2.21. The molecule has 1 aromatic carbocycles. The third-order valence-corrected chi connectivity index (χ3v) is 5.07. The molecule has 6 heteroatoms. The van der Waals surface area contributed by atoms with Crippen molar-refractivity contribution < 1.29 is 14.4 Å². The van der Waals surface area contributed by atoms with Crippen LogP contribution in [0.4, 0.5) is 5.69 Å². The molecule has 1 aromatic rings. The molecule has 0 aromatic heterocycles. The Labute approximate surface area is 141 Å². The molecule has 0 spiro atoms. The zero-order chi connectivity index (χ0) is 17.1. The Morgan fingerprint density at radius 2 is 1.96 bits per heavy atom. The van der Waals surface area contributed by atoms with E-state index in [1.54, 1.807) is 0 Å². The first-order chi connectivity index (χ1) is 11.6. The standard InChI is InChI=1S/C18H23N3O3/c19-10-12-2-1-3-15(12)18(24)20-14-6-4-11(5-7-14)8-13-9-16(22)21-17(13)23/h4-7,12-13,15H,1-3,8-10,19H2,(H,20,24)(H,21,22,23)/t12-,13?,15-/m1/s1. The number of benzene rings is 1. The van der Waals surface area contributed by atoms with Gasteiger partial charge in [0.15, 0.2) is 0 Å². The molecule has 0 radical (unpaired) electrons. The molecule has 1 aliphatic carbocycles. The molecule has 1 aliphatic heterocycles. The number of anilines is 1. The van der Waals surface area contributed by atoms with Crippen LogP contribution in [-0.2, 0) is 20.8 Å². The summed E-state index contributed by atoms with van der Waals surface area (Å²) in [6, 6.07) is 7.46. The lowest BCUT2D eigenvalue weighted by Gasteiger charge is -2.17. The molecule has 24 heavy (non-hydrogen) atoms. The van der Waals surface area contributed by atoms with E-state index >= 15 is 0 Å². The Morgan fingerprint density at radius 3 is 2.58 bits per heavy atom. The van der Waals surface area contributed by atoms with Gasteiger partial charge in [-0.2, -0.15) is 0 Å². The van der Waals surface area contributed by atoms with Crippen LogP contribution in [0.15, 0.2) is 24.3 Å². The fourth-order valence-electron chi connectivity index (χ4n) is 3.68. The molecular formula is C18H23N3O3. The van der Waals surface area contributed by atoms with Crippen molar-refractivity contribution in [2.45, 2.75) is 32.1 Å². The summed E-state index contributed by atoms with van der Waals surface area (Å²) in [4.78, 5) is 35.2. The highest BCUT2D eigenvalue weighted by Gasteiger charge is 2.32. The van der Waals surface area contributed by atoms with Gasteiger partial charge in [-0.15, -0.1) is 0 Å². The van der Waals surface area contributed by atoms with Gasteiger partial charge in [0.25, 0.3) is 0 Å². The lowest BCUT2D eigenvalue weighted by molar-refractivity contribution is -0.126. The normalized spacial score (nSPS) is 26.5. The third kappa shape index (κ3) is 3.64. The zero-order valence-corrected chi connectivity index (χ0v) is 13.6. The van der Waals surface area contributed by atoms with E-state index < -0.39 is 0 Å². The third-order valence-electron chi connectivity index (χ3n) is 5.07. The van der Waals surface area contributed by atoms with Crippen molar-refractivity contribution in [1.82, 2.24) is 5.32 Å². The van der Waals surface area contributed by atoms with Crippen molar-refractivity contribution in [2.75, 3.05) is 11.9 Å². The molecule has 2 aliphatic rings. The smallest absolute Gasteiger partial charge is 0.230 e. The minimum atomic E-state index is -0.290. The molecule has 2 fully saturated rings. The minimum Gasteiger partial charge on any atom is -0.330 e. The second-order valence-electron chi connectivity index (χ2n) is 6.74. The zero-order valence-electron chi connectivity index (χ0n) is 13.6. The SMILES string of the molecule is NC[C@H]1CCC[C@H]1C(=O)Nc1ccc(CC2CC(=O)NC2=O)cc1. The summed E-state index contributed by atoms with van der Waals surface area (Å²) < 4.78 is 0. The van der Waals surface area contributed by atoms with Crippen LogP contribution >= 0.6 is 0 Å². The molecule has 6 nitrogen and oxygen atoms in total. The molecule has 1 saturated heterocycles. The molecule has 1 unspecified atom stereocenters. The van der Waals surface area contributed by atoms with Crippen molar-refractivity contribution >= 4 is 23.4 Å².